The first kappa shape index (κ1) is 8.68. The van der Waals surface area contributed by atoms with E-state index in [2.05, 4.69) is 15.1 Å². The zero-order chi connectivity index (χ0) is 9.97. The van der Waals surface area contributed by atoms with Gasteiger partial charge in [-0.05, 0) is 13.0 Å². The van der Waals surface area contributed by atoms with Crippen molar-refractivity contribution in [3.8, 4) is 11.8 Å². The molecule has 2 aromatic rings. The van der Waals surface area contributed by atoms with Crippen LogP contribution in [0, 0.1) is 6.92 Å². The quantitative estimate of drug-likeness (QED) is 0.708. The van der Waals surface area contributed by atoms with Gasteiger partial charge in [0, 0.05) is 18.5 Å². The highest BCUT2D eigenvalue weighted by Crippen LogP contribution is 2.07. The SMILES string of the molecule is COc1ccnc(-n2ccc(C)n2)n1. The molecular formula is C9H10N4O. The Morgan fingerprint density at radius 2 is 2.21 bits per heavy atom. The van der Waals surface area contributed by atoms with Gasteiger partial charge in [-0.25, -0.2) is 9.67 Å². The Labute approximate surface area is 81.4 Å². The van der Waals surface area contributed by atoms with Crippen molar-refractivity contribution in [3.63, 3.8) is 0 Å². The molecule has 0 aliphatic heterocycles. The number of aryl methyl sites for hydroxylation is 1. The molecule has 14 heavy (non-hydrogen) atoms. The maximum atomic E-state index is 4.99. The van der Waals surface area contributed by atoms with Crippen LogP contribution in [-0.2, 0) is 0 Å². The molecule has 0 bridgehead atoms. The zero-order valence-corrected chi connectivity index (χ0v) is 8.01. The Hall–Kier alpha value is -1.91. The maximum absolute atomic E-state index is 4.99. The third-order valence-corrected chi connectivity index (χ3v) is 1.75. The average Bonchev–Trinajstić information content (AvgIpc) is 2.65. The fourth-order valence-corrected chi connectivity index (χ4v) is 1.08. The summed E-state index contributed by atoms with van der Waals surface area (Å²) >= 11 is 0. The van der Waals surface area contributed by atoms with Crippen molar-refractivity contribution in [2.45, 2.75) is 6.92 Å². The van der Waals surface area contributed by atoms with Crippen molar-refractivity contribution in [1.82, 2.24) is 19.7 Å². The Kier molecular flexibility index (Phi) is 2.14. The first-order chi connectivity index (χ1) is 6.79. The second kappa shape index (κ2) is 3.45. The highest BCUT2D eigenvalue weighted by Gasteiger charge is 2.02. The summed E-state index contributed by atoms with van der Waals surface area (Å²) in [7, 11) is 1.57. The van der Waals surface area contributed by atoms with E-state index < -0.39 is 0 Å². The lowest BCUT2D eigenvalue weighted by Crippen LogP contribution is -2.02. The summed E-state index contributed by atoms with van der Waals surface area (Å²) in [6, 6.07) is 3.59. The van der Waals surface area contributed by atoms with Gasteiger partial charge in [0.2, 0.25) is 5.88 Å². The molecule has 0 saturated heterocycles. The number of nitrogens with zero attached hydrogens (tertiary/aromatic N) is 4. The molecule has 72 valence electrons. The van der Waals surface area contributed by atoms with Crippen molar-refractivity contribution >= 4 is 0 Å². The number of methoxy groups -OCH3 is 1. The van der Waals surface area contributed by atoms with Crippen molar-refractivity contribution in [3.05, 3.63) is 30.2 Å². The fraction of sp³-hybridized carbons (Fsp3) is 0.222. The summed E-state index contributed by atoms with van der Waals surface area (Å²) in [5.41, 5.74) is 0.927. The Morgan fingerprint density at radius 3 is 2.86 bits per heavy atom. The van der Waals surface area contributed by atoms with Gasteiger partial charge in [0.25, 0.3) is 5.95 Å². The summed E-state index contributed by atoms with van der Waals surface area (Å²) in [6.07, 6.45) is 3.45. The van der Waals surface area contributed by atoms with Crippen LogP contribution in [0.1, 0.15) is 5.69 Å². The Morgan fingerprint density at radius 1 is 1.36 bits per heavy atom. The van der Waals surface area contributed by atoms with Crippen LogP contribution in [0.25, 0.3) is 5.95 Å². The average molecular weight is 190 g/mol. The Balaban J connectivity index is 2.41. The molecule has 0 N–H and O–H groups in total. The number of rotatable bonds is 2. The molecule has 0 spiro atoms. The lowest BCUT2D eigenvalue weighted by atomic mass is 10.5. The molecule has 0 aliphatic rings. The third kappa shape index (κ3) is 1.56. The third-order valence-electron chi connectivity index (χ3n) is 1.75. The minimum absolute atomic E-state index is 0.512. The molecule has 2 rings (SSSR count). The molecule has 0 amide bonds. The molecule has 2 heterocycles. The minimum atomic E-state index is 0.512. The van der Waals surface area contributed by atoms with E-state index in [1.165, 1.54) is 0 Å². The van der Waals surface area contributed by atoms with Crippen LogP contribution in [0.5, 0.6) is 5.88 Å². The second-order valence-corrected chi connectivity index (χ2v) is 2.80. The first-order valence-electron chi connectivity index (χ1n) is 4.19. The van der Waals surface area contributed by atoms with Crippen molar-refractivity contribution in [2.24, 2.45) is 0 Å². The van der Waals surface area contributed by atoms with Gasteiger partial charge in [-0.3, -0.25) is 0 Å². The number of aromatic nitrogens is 4. The highest BCUT2D eigenvalue weighted by atomic mass is 16.5. The Bertz CT molecular complexity index is 438. The van der Waals surface area contributed by atoms with E-state index in [0.29, 0.717) is 11.8 Å². The monoisotopic (exact) mass is 190 g/mol. The van der Waals surface area contributed by atoms with E-state index in [4.69, 9.17) is 4.74 Å². The van der Waals surface area contributed by atoms with Gasteiger partial charge in [0.1, 0.15) is 0 Å². The molecule has 0 unspecified atom stereocenters. The van der Waals surface area contributed by atoms with Gasteiger partial charge in [-0.15, -0.1) is 0 Å². The molecular weight excluding hydrogens is 180 g/mol. The van der Waals surface area contributed by atoms with Crippen LogP contribution in [0.2, 0.25) is 0 Å². The molecule has 2 aromatic heterocycles. The van der Waals surface area contributed by atoms with Crippen LogP contribution in [-0.4, -0.2) is 26.9 Å². The highest BCUT2D eigenvalue weighted by molar-refractivity contribution is 5.17. The van der Waals surface area contributed by atoms with E-state index >= 15 is 0 Å². The standard InChI is InChI=1S/C9H10N4O/c1-7-4-6-13(12-7)9-10-5-3-8(11-9)14-2/h3-6H,1-2H3. The smallest absolute Gasteiger partial charge is 0.253 e. The summed E-state index contributed by atoms with van der Waals surface area (Å²) < 4.78 is 6.60. The van der Waals surface area contributed by atoms with E-state index in [9.17, 15) is 0 Å². The summed E-state index contributed by atoms with van der Waals surface area (Å²) in [6.45, 7) is 1.91. The van der Waals surface area contributed by atoms with Gasteiger partial charge < -0.3 is 4.74 Å². The van der Waals surface area contributed by atoms with Crippen molar-refractivity contribution < 1.29 is 4.74 Å². The van der Waals surface area contributed by atoms with Gasteiger partial charge in [-0.1, -0.05) is 0 Å². The summed E-state index contributed by atoms with van der Waals surface area (Å²) in [4.78, 5) is 8.22. The van der Waals surface area contributed by atoms with Gasteiger partial charge in [-0.2, -0.15) is 10.1 Å². The largest absolute Gasteiger partial charge is 0.481 e. The number of ether oxygens (including phenoxy) is 1. The normalized spacial score (nSPS) is 10.1. The molecule has 5 heteroatoms. The molecule has 0 aliphatic carbocycles. The van der Waals surface area contributed by atoms with Crippen LogP contribution in [0.4, 0.5) is 0 Å². The molecule has 0 fully saturated rings. The van der Waals surface area contributed by atoms with Gasteiger partial charge >= 0.3 is 0 Å². The number of hydrogen-bond acceptors (Lipinski definition) is 4. The van der Waals surface area contributed by atoms with Gasteiger partial charge in [0.15, 0.2) is 0 Å². The second-order valence-electron chi connectivity index (χ2n) is 2.80. The molecule has 0 atom stereocenters. The predicted molar refractivity (Wildman–Crippen MR) is 50.4 cm³/mol. The summed E-state index contributed by atoms with van der Waals surface area (Å²) in [5, 5.41) is 4.19. The zero-order valence-electron chi connectivity index (χ0n) is 8.01. The van der Waals surface area contributed by atoms with Gasteiger partial charge in [0.05, 0.1) is 12.8 Å². The van der Waals surface area contributed by atoms with Crippen LogP contribution in [0.15, 0.2) is 24.5 Å². The molecule has 0 aromatic carbocycles. The number of hydrogen-bond donors (Lipinski definition) is 0. The maximum Gasteiger partial charge on any atom is 0.253 e. The van der Waals surface area contributed by atoms with E-state index in [1.54, 1.807) is 24.1 Å². The van der Waals surface area contributed by atoms with Crippen molar-refractivity contribution in [2.75, 3.05) is 7.11 Å². The fourth-order valence-electron chi connectivity index (χ4n) is 1.08. The van der Waals surface area contributed by atoms with Crippen LogP contribution >= 0.6 is 0 Å². The molecule has 0 saturated carbocycles. The summed E-state index contributed by atoms with van der Waals surface area (Å²) in [5.74, 6) is 1.04. The predicted octanol–water partition coefficient (Wildman–Crippen LogP) is 0.979. The van der Waals surface area contributed by atoms with E-state index in [0.717, 1.165) is 5.69 Å². The minimum Gasteiger partial charge on any atom is -0.481 e. The van der Waals surface area contributed by atoms with Crippen LogP contribution < -0.4 is 4.74 Å². The van der Waals surface area contributed by atoms with Crippen molar-refractivity contribution in [1.29, 1.82) is 0 Å². The van der Waals surface area contributed by atoms with Crippen LogP contribution in [0.3, 0.4) is 0 Å². The molecule has 0 radical (unpaired) electrons. The first-order valence-corrected chi connectivity index (χ1v) is 4.19. The van der Waals surface area contributed by atoms with E-state index in [1.807, 2.05) is 19.2 Å². The molecule has 5 nitrogen and oxygen atoms in total. The van der Waals surface area contributed by atoms with E-state index in [-0.39, 0.29) is 0 Å². The lowest BCUT2D eigenvalue weighted by Gasteiger charge is -2.01. The topological polar surface area (TPSA) is 52.8 Å². The lowest BCUT2D eigenvalue weighted by molar-refractivity contribution is 0.395.